The first-order chi connectivity index (χ1) is 12.8. The number of ether oxygens (including phenoxy) is 2. The van der Waals surface area contributed by atoms with Crippen molar-refractivity contribution in [3.8, 4) is 0 Å². The average Bonchev–Trinajstić information content (AvgIpc) is 2.47. The second-order valence-corrected chi connectivity index (χ2v) is 8.63. The SMILES string of the molecule is CC(C)(C)OC(=O)Nc1cccc(C=CC2CC(=O)N2C(=O)OC(C)(C)C)c1. The summed E-state index contributed by atoms with van der Waals surface area (Å²) >= 11 is 0. The third kappa shape index (κ3) is 6.40. The van der Waals surface area contributed by atoms with Gasteiger partial charge in [0.1, 0.15) is 11.2 Å². The zero-order valence-corrected chi connectivity index (χ0v) is 17.2. The first-order valence-corrected chi connectivity index (χ1v) is 9.17. The van der Waals surface area contributed by atoms with E-state index in [9.17, 15) is 14.4 Å². The summed E-state index contributed by atoms with van der Waals surface area (Å²) in [6.07, 6.45) is 2.66. The predicted octanol–water partition coefficient (Wildman–Crippen LogP) is 4.58. The first-order valence-electron chi connectivity index (χ1n) is 9.17. The van der Waals surface area contributed by atoms with Crippen LogP contribution < -0.4 is 5.32 Å². The summed E-state index contributed by atoms with van der Waals surface area (Å²) in [5.41, 5.74) is 0.161. The van der Waals surface area contributed by atoms with Gasteiger partial charge in [-0.2, -0.15) is 0 Å². The highest BCUT2D eigenvalue weighted by Crippen LogP contribution is 2.25. The number of nitrogens with zero attached hydrogens (tertiary/aromatic N) is 1. The molecule has 1 aliphatic heterocycles. The third-order valence-corrected chi connectivity index (χ3v) is 3.62. The van der Waals surface area contributed by atoms with Crippen LogP contribution in [0.4, 0.5) is 15.3 Å². The maximum atomic E-state index is 12.2. The molecule has 3 amide bonds. The minimum Gasteiger partial charge on any atom is -0.444 e. The van der Waals surface area contributed by atoms with Gasteiger partial charge in [-0.1, -0.05) is 24.3 Å². The zero-order valence-electron chi connectivity index (χ0n) is 17.2. The lowest BCUT2D eigenvalue weighted by atomic mass is 10.0. The highest BCUT2D eigenvalue weighted by molar-refractivity contribution is 5.98. The molecule has 7 nitrogen and oxygen atoms in total. The molecule has 1 aliphatic rings. The Labute approximate surface area is 165 Å². The molecule has 0 spiro atoms. The van der Waals surface area contributed by atoms with Crippen LogP contribution in [-0.4, -0.2) is 40.2 Å². The van der Waals surface area contributed by atoms with Crippen LogP contribution in [0, 0.1) is 0 Å². The van der Waals surface area contributed by atoms with Gasteiger partial charge in [0, 0.05) is 5.69 Å². The fourth-order valence-electron chi connectivity index (χ4n) is 2.51. The Morgan fingerprint density at radius 1 is 1.11 bits per heavy atom. The van der Waals surface area contributed by atoms with Gasteiger partial charge in [-0.25, -0.2) is 14.5 Å². The quantitative estimate of drug-likeness (QED) is 0.766. The number of likely N-dealkylation sites (tertiary alicyclic amines) is 1. The van der Waals surface area contributed by atoms with Gasteiger partial charge in [-0.15, -0.1) is 0 Å². The predicted molar refractivity (Wildman–Crippen MR) is 107 cm³/mol. The molecule has 1 N–H and O–H groups in total. The fourth-order valence-corrected chi connectivity index (χ4v) is 2.51. The number of benzene rings is 1. The Hall–Kier alpha value is -2.83. The molecule has 0 aliphatic carbocycles. The maximum Gasteiger partial charge on any atom is 0.417 e. The summed E-state index contributed by atoms with van der Waals surface area (Å²) in [4.78, 5) is 36.9. The van der Waals surface area contributed by atoms with Crippen molar-refractivity contribution in [3.05, 3.63) is 35.9 Å². The minimum absolute atomic E-state index is 0.256. The molecule has 0 bridgehead atoms. The summed E-state index contributed by atoms with van der Waals surface area (Å²) in [5.74, 6) is -0.260. The van der Waals surface area contributed by atoms with E-state index in [1.807, 2.05) is 6.07 Å². The number of hydrogen-bond acceptors (Lipinski definition) is 5. The Morgan fingerprint density at radius 2 is 1.75 bits per heavy atom. The molecular formula is C21H28N2O5. The van der Waals surface area contributed by atoms with Crippen molar-refractivity contribution in [2.45, 2.75) is 65.2 Å². The lowest BCUT2D eigenvalue weighted by Crippen LogP contribution is -2.55. The van der Waals surface area contributed by atoms with Gasteiger partial charge in [0.25, 0.3) is 0 Å². The number of imide groups is 1. The van der Waals surface area contributed by atoms with Crippen LogP contribution >= 0.6 is 0 Å². The summed E-state index contributed by atoms with van der Waals surface area (Å²) in [5, 5.41) is 2.68. The largest absolute Gasteiger partial charge is 0.444 e. The van der Waals surface area contributed by atoms with E-state index in [0.717, 1.165) is 10.5 Å². The number of carbonyl (C=O) groups is 3. The Bertz CT molecular complexity index is 787. The molecule has 1 saturated heterocycles. The number of hydrogen-bond donors (Lipinski definition) is 1. The second-order valence-electron chi connectivity index (χ2n) is 8.63. The Kier molecular flexibility index (Phi) is 6.17. The Morgan fingerprint density at radius 3 is 2.32 bits per heavy atom. The van der Waals surface area contributed by atoms with E-state index in [4.69, 9.17) is 9.47 Å². The van der Waals surface area contributed by atoms with Gasteiger partial charge in [-0.05, 0) is 59.2 Å². The van der Waals surface area contributed by atoms with E-state index >= 15 is 0 Å². The summed E-state index contributed by atoms with van der Waals surface area (Å²) in [6.45, 7) is 10.6. The van der Waals surface area contributed by atoms with Crippen molar-refractivity contribution in [3.63, 3.8) is 0 Å². The molecule has 7 heteroatoms. The van der Waals surface area contributed by atoms with Gasteiger partial charge >= 0.3 is 12.2 Å². The average molecular weight is 388 g/mol. The van der Waals surface area contributed by atoms with Crippen LogP contribution in [0.1, 0.15) is 53.5 Å². The van der Waals surface area contributed by atoms with Crippen molar-refractivity contribution in [2.24, 2.45) is 0 Å². The van der Waals surface area contributed by atoms with Crippen molar-refractivity contribution < 1.29 is 23.9 Å². The standard InChI is InChI=1S/C21H28N2O5/c1-20(2,3)27-18(25)22-15-9-7-8-14(12-15)10-11-16-13-17(24)23(16)19(26)28-21(4,5)6/h7-12,16H,13H2,1-6H3,(H,22,25). The van der Waals surface area contributed by atoms with Crippen LogP contribution in [0.25, 0.3) is 6.08 Å². The molecule has 152 valence electrons. The van der Waals surface area contributed by atoms with Gasteiger partial charge in [0.15, 0.2) is 0 Å². The molecule has 1 aromatic carbocycles. The molecule has 1 aromatic rings. The molecule has 2 rings (SSSR count). The van der Waals surface area contributed by atoms with Crippen molar-refractivity contribution in [1.29, 1.82) is 0 Å². The topological polar surface area (TPSA) is 84.9 Å². The molecule has 1 unspecified atom stereocenters. The van der Waals surface area contributed by atoms with Crippen LogP contribution in [0.3, 0.4) is 0 Å². The van der Waals surface area contributed by atoms with E-state index in [0.29, 0.717) is 5.69 Å². The summed E-state index contributed by atoms with van der Waals surface area (Å²) in [7, 11) is 0. The number of amides is 3. The zero-order chi connectivity index (χ0) is 21.1. The maximum absolute atomic E-state index is 12.2. The third-order valence-electron chi connectivity index (χ3n) is 3.62. The fraction of sp³-hybridized carbons (Fsp3) is 0.476. The monoisotopic (exact) mass is 388 g/mol. The van der Waals surface area contributed by atoms with Crippen molar-refractivity contribution >= 4 is 29.9 Å². The number of rotatable bonds is 3. The number of anilines is 1. The summed E-state index contributed by atoms with van der Waals surface area (Å²) in [6, 6.07) is 6.84. The van der Waals surface area contributed by atoms with Crippen LogP contribution in [0.15, 0.2) is 30.3 Å². The van der Waals surface area contributed by atoms with E-state index in [1.54, 1.807) is 71.9 Å². The first kappa shape index (κ1) is 21.5. The van der Waals surface area contributed by atoms with E-state index in [1.165, 1.54) is 0 Å². The number of nitrogens with one attached hydrogen (secondary N) is 1. The highest BCUT2D eigenvalue weighted by atomic mass is 16.6. The molecule has 1 atom stereocenters. The van der Waals surface area contributed by atoms with Crippen LogP contribution in [0.2, 0.25) is 0 Å². The number of carbonyl (C=O) groups excluding carboxylic acids is 3. The van der Waals surface area contributed by atoms with Crippen molar-refractivity contribution in [1.82, 2.24) is 4.90 Å². The van der Waals surface area contributed by atoms with Crippen LogP contribution in [0.5, 0.6) is 0 Å². The molecule has 0 radical (unpaired) electrons. The highest BCUT2D eigenvalue weighted by Gasteiger charge is 2.41. The van der Waals surface area contributed by atoms with Gasteiger partial charge < -0.3 is 9.47 Å². The minimum atomic E-state index is -0.664. The van der Waals surface area contributed by atoms with E-state index in [-0.39, 0.29) is 18.4 Å². The lowest BCUT2D eigenvalue weighted by molar-refractivity contribution is -0.141. The lowest BCUT2D eigenvalue weighted by Gasteiger charge is -2.37. The Balaban J connectivity index is 2.01. The molecule has 1 fully saturated rings. The van der Waals surface area contributed by atoms with E-state index in [2.05, 4.69) is 5.32 Å². The van der Waals surface area contributed by atoms with Gasteiger partial charge in [0.05, 0.1) is 12.5 Å². The molecule has 0 saturated carbocycles. The molecule has 1 heterocycles. The molecule has 0 aromatic heterocycles. The van der Waals surface area contributed by atoms with Gasteiger partial charge in [-0.3, -0.25) is 10.1 Å². The number of β-lactam (4-membered cyclic amide) rings is 1. The summed E-state index contributed by atoms with van der Waals surface area (Å²) < 4.78 is 10.5. The normalized spacial score (nSPS) is 17.3. The molecule has 28 heavy (non-hydrogen) atoms. The molecular weight excluding hydrogens is 360 g/mol. The second kappa shape index (κ2) is 8.04. The van der Waals surface area contributed by atoms with Gasteiger partial charge in [0.2, 0.25) is 5.91 Å². The smallest absolute Gasteiger partial charge is 0.417 e. The van der Waals surface area contributed by atoms with Crippen molar-refractivity contribution in [2.75, 3.05) is 5.32 Å². The van der Waals surface area contributed by atoms with Crippen LogP contribution in [-0.2, 0) is 14.3 Å². The van der Waals surface area contributed by atoms with E-state index < -0.39 is 23.4 Å².